The van der Waals surface area contributed by atoms with Crippen LogP contribution in [-0.2, 0) is 17.3 Å². The maximum absolute atomic E-state index is 14.0. The van der Waals surface area contributed by atoms with Crippen LogP contribution >= 0.6 is 11.6 Å². The number of amides is 1. The van der Waals surface area contributed by atoms with E-state index in [0.717, 1.165) is 22.6 Å². The number of rotatable bonds is 4. The minimum absolute atomic E-state index is 0.140. The molecule has 1 fully saturated rings. The number of ether oxygens (including phenoxy) is 1. The molecule has 33 heavy (non-hydrogen) atoms. The fourth-order valence-corrected chi connectivity index (χ4v) is 4.86. The number of hydrogen-bond donors (Lipinski definition) is 0. The molecule has 4 heterocycles. The van der Waals surface area contributed by atoms with E-state index < -0.39 is 5.54 Å². The van der Waals surface area contributed by atoms with Crippen molar-refractivity contribution < 1.29 is 9.53 Å². The first-order chi connectivity index (χ1) is 15.8. The second kappa shape index (κ2) is 7.93. The first kappa shape index (κ1) is 21.5. The third-order valence-electron chi connectivity index (χ3n) is 6.36. The van der Waals surface area contributed by atoms with E-state index in [-0.39, 0.29) is 17.7 Å². The lowest BCUT2D eigenvalue weighted by molar-refractivity contribution is 0.0579. The Hall–Kier alpha value is -3.30. The molecule has 5 rings (SSSR count). The Morgan fingerprint density at radius 1 is 1.18 bits per heavy atom. The van der Waals surface area contributed by atoms with Gasteiger partial charge < -0.3 is 14.2 Å². The van der Waals surface area contributed by atoms with Crippen LogP contribution in [0.25, 0.3) is 16.7 Å². The molecule has 1 aliphatic rings. The van der Waals surface area contributed by atoms with Gasteiger partial charge in [-0.3, -0.25) is 4.79 Å². The molecule has 2 atom stereocenters. The average molecular weight is 466 g/mol. The summed E-state index contributed by atoms with van der Waals surface area (Å²) in [5.74, 6) is 0.539. The zero-order valence-corrected chi connectivity index (χ0v) is 19.6. The van der Waals surface area contributed by atoms with Gasteiger partial charge in [0.15, 0.2) is 5.69 Å². The number of imidazole rings is 1. The second-order valence-electron chi connectivity index (χ2n) is 8.52. The number of methoxy groups -OCH3 is 1. The van der Waals surface area contributed by atoms with Gasteiger partial charge in [0, 0.05) is 37.8 Å². The van der Waals surface area contributed by atoms with Crippen molar-refractivity contribution in [3.8, 4) is 5.69 Å². The molecular formula is C23H24ClN7O2. The second-order valence-corrected chi connectivity index (χ2v) is 8.95. The number of fused-ring (bicyclic) bond motifs is 1. The van der Waals surface area contributed by atoms with Crippen LogP contribution in [0.5, 0.6) is 0 Å². The summed E-state index contributed by atoms with van der Waals surface area (Å²) in [5.41, 5.74) is 2.55. The molecule has 3 aromatic heterocycles. The molecule has 9 nitrogen and oxygen atoms in total. The monoisotopic (exact) mass is 465 g/mol. The van der Waals surface area contributed by atoms with Crippen molar-refractivity contribution in [1.82, 2.24) is 34.4 Å². The smallest absolute Gasteiger partial charge is 0.275 e. The van der Waals surface area contributed by atoms with Gasteiger partial charge in [0.05, 0.1) is 29.5 Å². The van der Waals surface area contributed by atoms with Crippen molar-refractivity contribution >= 4 is 28.5 Å². The van der Waals surface area contributed by atoms with Crippen molar-refractivity contribution in [2.45, 2.75) is 31.9 Å². The molecule has 0 radical (unpaired) electrons. The number of benzene rings is 1. The Morgan fingerprint density at radius 2 is 1.94 bits per heavy atom. The van der Waals surface area contributed by atoms with Gasteiger partial charge in [-0.2, -0.15) is 10.2 Å². The summed E-state index contributed by atoms with van der Waals surface area (Å²) in [5, 5.41) is 9.02. The van der Waals surface area contributed by atoms with Gasteiger partial charge in [-0.25, -0.2) is 9.97 Å². The maximum atomic E-state index is 14.0. The van der Waals surface area contributed by atoms with Crippen molar-refractivity contribution in [2.24, 2.45) is 7.05 Å². The molecule has 1 aliphatic heterocycles. The number of aryl methyl sites for hydroxylation is 2. The van der Waals surface area contributed by atoms with Gasteiger partial charge in [0.2, 0.25) is 0 Å². The Labute approximate surface area is 195 Å². The minimum atomic E-state index is -0.724. The molecule has 0 saturated carbocycles. The van der Waals surface area contributed by atoms with Crippen LogP contribution in [0.1, 0.15) is 35.4 Å². The van der Waals surface area contributed by atoms with Crippen molar-refractivity contribution in [1.29, 1.82) is 0 Å². The Morgan fingerprint density at radius 3 is 2.67 bits per heavy atom. The third kappa shape index (κ3) is 3.48. The number of nitrogens with zero attached hydrogens (tertiary/aromatic N) is 7. The third-order valence-corrected chi connectivity index (χ3v) is 6.60. The zero-order valence-electron chi connectivity index (χ0n) is 18.9. The van der Waals surface area contributed by atoms with Gasteiger partial charge in [-0.05, 0) is 44.2 Å². The number of carbonyl (C=O) groups is 1. The number of aromatic nitrogens is 6. The summed E-state index contributed by atoms with van der Waals surface area (Å²) in [6.45, 7) is 4.29. The summed E-state index contributed by atoms with van der Waals surface area (Å²) in [6.07, 6.45) is 3.60. The van der Waals surface area contributed by atoms with Crippen LogP contribution in [-0.4, -0.2) is 60.1 Å². The van der Waals surface area contributed by atoms with Gasteiger partial charge in [-0.1, -0.05) is 11.6 Å². The Kier molecular flexibility index (Phi) is 5.18. The predicted molar refractivity (Wildman–Crippen MR) is 123 cm³/mol. The van der Waals surface area contributed by atoms with Crippen molar-refractivity contribution in [2.75, 3.05) is 13.7 Å². The Balaban J connectivity index is 1.64. The fourth-order valence-electron chi connectivity index (χ4n) is 4.69. The molecule has 0 aliphatic carbocycles. The van der Waals surface area contributed by atoms with E-state index in [9.17, 15) is 4.79 Å². The summed E-state index contributed by atoms with van der Waals surface area (Å²) >= 11 is 6.20. The van der Waals surface area contributed by atoms with Gasteiger partial charge >= 0.3 is 0 Å². The van der Waals surface area contributed by atoms with Crippen molar-refractivity contribution in [3.05, 3.63) is 65.0 Å². The van der Waals surface area contributed by atoms with Gasteiger partial charge in [-0.15, -0.1) is 4.80 Å². The number of pyridine rings is 1. The maximum Gasteiger partial charge on any atom is 0.275 e. The van der Waals surface area contributed by atoms with Crippen LogP contribution in [0.15, 0.2) is 42.7 Å². The molecule has 170 valence electrons. The topological polar surface area (TPSA) is 91.0 Å². The van der Waals surface area contributed by atoms with Crippen LogP contribution in [0.4, 0.5) is 0 Å². The minimum Gasteiger partial charge on any atom is -0.380 e. The number of hydrogen-bond acceptors (Lipinski definition) is 6. The van der Waals surface area contributed by atoms with Crippen LogP contribution < -0.4 is 0 Å². The molecule has 1 amide bonds. The molecule has 1 saturated heterocycles. The normalized spacial score (nSPS) is 20.6. The van der Waals surface area contributed by atoms with E-state index in [4.69, 9.17) is 21.3 Å². The first-order valence-electron chi connectivity index (χ1n) is 10.6. The quantitative estimate of drug-likeness (QED) is 0.459. The van der Waals surface area contributed by atoms with Crippen LogP contribution in [0, 0.1) is 6.92 Å². The van der Waals surface area contributed by atoms with Crippen LogP contribution in [0.3, 0.4) is 0 Å². The Bertz CT molecular complexity index is 1350. The fraction of sp³-hybridized carbons (Fsp3) is 0.348. The summed E-state index contributed by atoms with van der Waals surface area (Å²) in [6, 6.07) is 9.27. The zero-order chi connectivity index (χ0) is 23.3. The predicted octanol–water partition coefficient (Wildman–Crippen LogP) is 3.29. The standard InChI is InChI=1S/C23H24ClN7O2/c1-14-5-7-19(31-25-9-10-26-31)20(27-14)21(32)30-13-16(33-4)12-23(30,2)22-28-17-11-15(24)6-8-18(17)29(22)3/h5-11,16H,12-13H2,1-4H3/t16-,23?/m1/s1. The first-order valence-corrected chi connectivity index (χ1v) is 11.0. The summed E-state index contributed by atoms with van der Waals surface area (Å²) in [7, 11) is 3.62. The highest BCUT2D eigenvalue weighted by molar-refractivity contribution is 6.31. The van der Waals surface area contributed by atoms with Gasteiger partial charge in [0.1, 0.15) is 17.1 Å². The number of likely N-dealkylation sites (tertiary alicyclic amines) is 1. The van der Waals surface area contributed by atoms with E-state index >= 15 is 0 Å². The highest BCUT2D eigenvalue weighted by atomic mass is 35.5. The molecule has 0 N–H and O–H groups in total. The average Bonchev–Trinajstić information content (AvgIpc) is 3.52. The molecule has 1 unspecified atom stereocenters. The lowest BCUT2D eigenvalue weighted by atomic mass is 9.96. The highest BCUT2D eigenvalue weighted by Crippen LogP contribution is 2.41. The SMILES string of the molecule is CO[C@H]1CN(C(=O)c2nc(C)ccc2-n2nccn2)C(C)(c2nc3cc(Cl)ccc3n2C)C1. The lowest BCUT2D eigenvalue weighted by Gasteiger charge is -2.34. The van der Waals surface area contributed by atoms with E-state index in [1.807, 2.05) is 55.8 Å². The highest BCUT2D eigenvalue weighted by Gasteiger charge is 2.49. The summed E-state index contributed by atoms with van der Waals surface area (Å²) in [4.78, 5) is 26.7. The summed E-state index contributed by atoms with van der Waals surface area (Å²) < 4.78 is 7.72. The molecular weight excluding hydrogens is 442 g/mol. The molecule has 0 spiro atoms. The van der Waals surface area contributed by atoms with E-state index in [1.54, 1.807) is 24.4 Å². The largest absolute Gasteiger partial charge is 0.380 e. The molecule has 1 aromatic carbocycles. The van der Waals surface area contributed by atoms with Crippen molar-refractivity contribution in [3.63, 3.8) is 0 Å². The van der Waals surface area contributed by atoms with E-state index in [2.05, 4.69) is 15.2 Å². The lowest BCUT2D eigenvalue weighted by Crippen LogP contribution is -2.45. The number of carbonyl (C=O) groups excluding carboxylic acids is 1. The van der Waals surface area contributed by atoms with Gasteiger partial charge in [0.25, 0.3) is 5.91 Å². The van der Waals surface area contributed by atoms with E-state index in [1.165, 1.54) is 4.80 Å². The molecule has 0 bridgehead atoms. The number of halogens is 1. The van der Waals surface area contributed by atoms with Crippen LogP contribution in [0.2, 0.25) is 5.02 Å². The molecule has 4 aromatic rings. The molecule has 10 heteroatoms. The van der Waals surface area contributed by atoms with E-state index in [0.29, 0.717) is 23.7 Å².